The molecule has 60 valence electrons. The van der Waals surface area contributed by atoms with Gasteiger partial charge in [0.15, 0.2) is 0 Å². The average molecular weight is 245 g/mol. The van der Waals surface area contributed by atoms with Gasteiger partial charge in [-0.1, -0.05) is 0 Å². The summed E-state index contributed by atoms with van der Waals surface area (Å²) in [5.41, 5.74) is 0. The quantitative estimate of drug-likeness (QED) is 0.519. The van der Waals surface area contributed by atoms with Crippen LogP contribution in [0.3, 0.4) is 0 Å². The van der Waals surface area contributed by atoms with Crippen molar-refractivity contribution >= 4 is 31.6 Å². The maximum absolute atomic E-state index is 5.52. The first kappa shape index (κ1) is 9.31. The monoisotopic (exact) mass is 246 g/mol. The molecule has 0 radical (unpaired) electrons. The maximum atomic E-state index is 5.52. The van der Waals surface area contributed by atoms with Gasteiger partial charge in [-0.15, -0.1) is 0 Å². The second-order valence-electron chi connectivity index (χ2n) is 2.33. The molecule has 5 heteroatoms. The van der Waals surface area contributed by atoms with Crippen LogP contribution in [0.1, 0.15) is 6.92 Å². The van der Waals surface area contributed by atoms with E-state index < -0.39 is 5.16 Å². The van der Waals surface area contributed by atoms with E-state index in [9.17, 15) is 0 Å². The predicted octanol–water partition coefficient (Wildman–Crippen LogP) is 1.88. The third-order valence-electron chi connectivity index (χ3n) is 1.26. The number of rotatable bonds is 1. The first-order chi connectivity index (χ1) is 4.66. The third-order valence-corrected chi connectivity index (χ3v) is 8.75. The minimum atomic E-state index is -1.59. The molecule has 10 heavy (non-hydrogen) atoms. The molecule has 0 aromatic heterocycles. The van der Waals surface area contributed by atoms with E-state index in [2.05, 4.69) is 22.0 Å². The average Bonchev–Trinajstić information content (AvgIpc) is 1.96. The SMILES string of the molecule is CSP1(=[Se])OCC(C)CO1. The van der Waals surface area contributed by atoms with Crippen LogP contribution in [0, 0.1) is 5.92 Å². The molecule has 1 heterocycles. The Kier molecular flexibility index (Phi) is 3.49. The Bertz CT molecular complexity index is 152. The molecule has 1 aliphatic heterocycles. The van der Waals surface area contributed by atoms with E-state index in [4.69, 9.17) is 9.05 Å². The van der Waals surface area contributed by atoms with Crippen LogP contribution in [0.2, 0.25) is 0 Å². The minimum absolute atomic E-state index is 0.550. The molecule has 0 bridgehead atoms. The summed E-state index contributed by atoms with van der Waals surface area (Å²) in [5.74, 6) is 0.550. The second-order valence-corrected chi connectivity index (χ2v) is 11.2. The Morgan fingerprint density at radius 1 is 1.50 bits per heavy atom. The van der Waals surface area contributed by atoms with Crippen LogP contribution >= 0.6 is 16.5 Å². The van der Waals surface area contributed by atoms with E-state index in [-0.39, 0.29) is 0 Å². The van der Waals surface area contributed by atoms with Gasteiger partial charge in [-0.25, -0.2) is 0 Å². The van der Waals surface area contributed by atoms with Crippen molar-refractivity contribution in [2.75, 3.05) is 19.5 Å². The van der Waals surface area contributed by atoms with Crippen LogP contribution < -0.4 is 0 Å². The molecule has 1 aliphatic rings. The van der Waals surface area contributed by atoms with Crippen molar-refractivity contribution in [3.63, 3.8) is 0 Å². The Morgan fingerprint density at radius 2 is 2.00 bits per heavy atom. The second kappa shape index (κ2) is 3.75. The fourth-order valence-electron chi connectivity index (χ4n) is 0.628. The molecule has 0 unspecified atom stereocenters. The van der Waals surface area contributed by atoms with E-state index in [1.165, 1.54) is 0 Å². The first-order valence-corrected chi connectivity index (χ1v) is 8.78. The molecule has 0 spiro atoms. The zero-order valence-electron chi connectivity index (χ0n) is 6.07. The molecule has 0 amide bonds. The molecule has 0 N–H and O–H groups in total. The molecular weight excluding hydrogens is 234 g/mol. The van der Waals surface area contributed by atoms with Crippen LogP contribution in [0.4, 0.5) is 0 Å². The Balaban J connectivity index is 2.46. The van der Waals surface area contributed by atoms with Crippen LogP contribution in [0.25, 0.3) is 0 Å². The summed E-state index contributed by atoms with van der Waals surface area (Å²) in [5, 5.41) is -1.59. The Labute approximate surface area is 73.2 Å². The number of hydrogen-bond acceptors (Lipinski definition) is 3. The molecule has 1 saturated heterocycles. The zero-order chi connectivity index (χ0) is 7.61. The molecular formula is C5H11O2PSSe. The van der Waals surface area contributed by atoms with Crippen molar-refractivity contribution in [1.29, 1.82) is 0 Å². The molecule has 0 aromatic rings. The standard InChI is InChI=1S/C5H11O2PSSe/c1-5-3-6-8(10,9-2)7-4-5/h5H,3-4H2,1-2H3. The van der Waals surface area contributed by atoms with Gasteiger partial charge in [-0.2, -0.15) is 0 Å². The van der Waals surface area contributed by atoms with E-state index in [0.717, 1.165) is 13.2 Å². The van der Waals surface area contributed by atoms with Crippen molar-refractivity contribution in [2.45, 2.75) is 6.92 Å². The summed E-state index contributed by atoms with van der Waals surface area (Å²) >= 11 is 4.65. The van der Waals surface area contributed by atoms with E-state index >= 15 is 0 Å². The third kappa shape index (κ3) is 2.37. The Morgan fingerprint density at radius 3 is 2.40 bits per heavy atom. The van der Waals surface area contributed by atoms with E-state index in [1.807, 2.05) is 6.26 Å². The van der Waals surface area contributed by atoms with Gasteiger partial charge in [-0.3, -0.25) is 0 Å². The van der Waals surface area contributed by atoms with Crippen LogP contribution in [0.5, 0.6) is 0 Å². The van der Waals surface area contributed by atoms with Crippen LogP contribution in [-0.4, -0.2) is 34.6 Å². The topological polar surface area (TPSA) is 18.5 Å². The molecule has 0 aliphatic carbocycles. The van der Waals surface area contributed by atoms with Gasteiger partial charge in [-0.05, 0) is 0 Å². The van der Waals surface area contributed by atoms with E-state index in [1.54, 1.807) is 11.4 Å². The zero-order valence-corrected chi connectivity index (χ0v) is 9.50. The number of hydrogen-bond donors (Lipinski definition) is 0. The van der Waals surface area contributed by atoms with Gasteiger partial charge in [0.05, 0.1) is 0 Å². The molecule has 0 aromatic carbocycles. The van der Waals surface area contributed by atoms with Crippen molar-refractivity contribution < 1.29 is 9.05 Å². The molecule has 1 rings (SSSR count). The molecule has 0 atom stereocenters. The predicted molar refractivity (Wildman–Crippen MR) is 47.3 cm³/mol. The van der Waals surface area contributed by atoms with Gasteiger partial charge in [0.25, 0.3) is 0 Å². The van der Waals surface area contributed by atoms with Gasteiger partial charge >= 0.3 is 73.0 Å². The molecule has 2 nitrogen and oxygen atoms in total. The Hall–Kier alpha value is 1.22. The van der Waals surface area contributed by atoms with Crippen molar-refractivity contribution in [3.8, 4) is 0 Å². The van der Waals surface area contributed by atoms with Gasteiger partial charge < -0.3 is 0 Å². The fourth-order valence-corrected chi connectivity index (χ4v) is 3.55. The summed E-state index contributed by atoms with van der Waals surface area (Å²) in [4.78, 5) is 0. The summed E-state index contributed by atoms with van der Waals surface area (Å²) in [7, 11) is 0. The van der Waals surface area contributed by atoms with Gasteiger partial charge in [0.2, 0.25) is 0 Å². The van der Waals surface area contributed by atoms with Gasteiger partial charge in [0, 0.05) is 0 Å². The van der Waals surface area contributed by atoms with Gasteiger partial charge in [0.1, 0.15) is 0 Å². The molecule has 0 saturated carbocycles. The summed E-state index contributed by atoms with van der Waals surface area (Å²) < 4.78 is 11.0. The molecule has 1 fully saturated rings. The van der Waals surface area contributed by atoms with Crippen molar-refractivity contribution in [3.05, 3.63) is 0 Å². The summed E-state index contributed by atoms with van der Waals surface area (Å²) in [6.45, 7) is 3.80. The van der Waals surface area contributed by atoms with Crippen LogP contribution in [0.15, 0.2) is 0 Å². The first-order valence-electron chi connectivity index (χ1n) is 3.11. The van der Waals surface area contributed by atoms with E-state index in [0.29, 0.717) is 5.92 Å². The summed E-state index contributed by atoms with van der Waals surface area (Å²) in [6, 6.07) is 0. The van der Waals surface area contributed by atoms with Crippen molar-refractivity contribution in [2.24, 2.45) is 5.92 Å². The fraction of sp³-hybridized carbons (Fsp3) is 1.00. The summed E-state index contributed by atoms with van der Waals surface area (Å²) in [6.07, 6.45) is 2.01. The van der Waals surface area contributed by atoms with Crippen molar-refractivity contribution in [1.82, 2.24) is 0 Å². The normalized spacial score (nSPS) is 41.6. The van der Waals surface area contributed by atoms with Crippen LogP contribution in [-0.2, 0) is 9.05 Å².